The van der Waals surface area contributed by atoms with Crippen LogP contribution in [0.3, 0.4) is 0 Å². The van der Waals surface area contributed by atoms with E-state index in [1.165, 1.54) is 6.33 Å². The van der Waals surface area contributed by atoms with Crippen molar-refractivity contribution in [2.75, 3.05) is 18.0 Å². The first-order valence-corrected chi connectivity index (χ1v) is 9.43. The highest BCUT2D eigenvalue weighted by Crippen LogP contribution is 2.28. The zero-order valence-corrected chi connectivity index (χ0v) is 15.9. The number of nitrogens with zero attached hydrogens (tertiary/aromatic N) is 3. The first kappa shape index (κ1) is 18.5. The molecular weight excluding hydrogens is 380 g/mol. The Morgan fingerprint density at radius 1 is 1.32 bits per heavy atom. The average molecular weight is 401 g/mol. The SMILES string of the molecule is NC1(OC(=O)NCc2cccc(Cl)c2)CCN(c2ncnc3[nH]ccc23)CC1. The highest BCUT2D eigenvalue weighted by molar-refractivity contribution is 6.30. The Bertz CT molecular complexity index is 983. The highest BCUT2D eigenvalue weighted by atomic mass is 35.5. The minimum atomic E-state index is -1.00. The Labute approximate surface area is 167 Å². The van der Waals surface area contributed by atoms with Crippen LogP contribution in [0.25, 0.3) is 11.0 Å². The zero-order valence-electron chi connectivity index (χ0n) is 15.2. The van der Waals surface area contributed by atoms with Gasteiger partial charge in [0.25, 0.3) is 0 Å². The lowest BCUT2D eigenvalue weighted by atomic mass is 10.0. The lowest BCUT2D eigenvalue weighted by molar-refractivity contribution is -0.00270. The van der Waals surface area contributed by atoms with E-state index in [9.17, 15) is 4.79 Å². The van der Waals surface area contributed by atoms with E-state index >= 15 is 0 Å². The molecule has 28 heavy (non-hydrogen) atoms. The molecule has 3 heterocycles. The first-order valence-electron chi connectivity index (χ1n) is 9.06. The second-order valence-electron chi connectivity index (χ2n) is 6.86. The summed E-state index contributed by atoms with van der Waals surface area (Å²) in [4.78, 5) is 26.0. The molecular formula is C19H21ClN6O2. The van der Waals surface area contributed by atoms with Crippen molar-refractivity contribution >= 4 is 34.5 Å². The van der Waals surface area contributed by atoms with Crippen LogP contribution >= 0.6 is 11.6 Å². The van der Waals surface area contributed by atoms with E-state index in [1.54, 1.807) is 12.1 Å². The lowest BCUT2D eigenvalue weighted by Crippen LogP contribution is -2.54. The number of hydrogen-bond acceptors (Lipinski definition) is 6. The molecule has 0 saturated carbocycles. The summed E-state index contributed by atoms with van der Waals surface area (Å²) in [6.45, 7) is 1.60. The molecule has 3 aromatic rings. The van der Waals surface area contributed by atoms with Gasteiger partial charge in [-0.15, -0.1) is 0 Å². The zero-order chi connectivity index (χ0) is 19.6. The lowest BCUT2D eigenvalue weighted by Gasteiger charge is -2.38. The minimum absolute atomic E-state index is 0.327. The Hall–Kier alpha value is -2.84. The number of piperidine rings is 1. The molecule has 8 nitrogen and oxygen atoms in total. The predicted molar refractivity (Wildman–Crippen MR) is 107 cm³/mol. The number of aromatic amines is 1. The van der Waals surface area contributed by atoms with Crippen LogP contribution in [0.5, 0.6) is 0 Å². The third-order valence-corrected chi connectivity index (χ3v) is 5.10. The van der Waals surface area contributed by atoms with Gasteiger partial charge >= 0.3 is 6.09 Å². The van der Waals surface area contributed by atoms with Crippen molar-refractivity contribution in [3.63, 3.8) is 0 Å². The fourth-order valence-corrected chi connectivity index (χ4v) is 3.56. The summed E-state index contributed by atoms with van der Waals surface area (Å²) in [7, 11) is 0. The molecule has 4 N–H and O–H groups in total. The van der Waals surface area contributed by atoms with E-state index in [4.69, 9.17) is 22.1 Å². The monoisotopic (exact) mass is 400 g/mol. The smallest absolute Gasteiger partial charge is 0.409 e. The fraction of sp³-hybridized carbons (Fsp3) is 0.316. The quantitative estimate of drug-likeness (QED) is 0.581. The average Bonchev–Trinajstić information content (AvgIpc) is 3.16. The summed E-state index contributed by atoms with van der Waals surface area (Å²) in [5, 5.41) is 4.31. The van der Waals surface area contributed by atoms with Crippen molar-refractivity contribution in [1.82, 2.24) is 20.3 Å². The summed E-state index contributed by atoms with van der Waals surface area (Å²) in [6, 6.07) is 9.24. The summed E-state index contributed by atoms with van der Waals surface area (Å²) in [5.41, 5.74) is 7.01. The molecule has 0 atom stereocenters. The molecule has 1 aromatic carbocycles. The van der Waals surface area contributed by atoms with Crippen LogP contribution in [0, 0.1) is 0 Å². The maximum Gasteiger partial charge on any atom is 0.409 e. The minimum Gasteiger partial charge on any atom is -0.428 e. The fourth-order valence-electron chi connectivity index (χ4n) is 3.35. The molecule has 146 valence electrons. The molecule has 1 fully saturated rings. The molecule has 0 bridgehead atoms. The van der Waals surface area contributed by atoms with Crippen LogP contribution in [-0.2, 0) is 11.3 Å². The van der Waals surface area contributed by atoms with Crippen molar-refractivity contribution in [2.24, 2.45) is 5.73 Å². The first-order chi connectivity index (χ1) is 13.5. The third-order valence-electron chi connectivity index (χ3n) is 4.86. The Kier molecular flexibility index (Phi) is 5.06. The van der Waals surface area contributed by atoms with Gasteiger partial charge in [0.2, 0.25) is 0 Å². The number of ether oxygens (including phenoxy) is 1. The highest BCUT2D eigenvalue weighted by Gasteiger charge is 2.35. The van der Waals surface area contributed by atoms with E-state index < -0.39 is 11.8 Å². The number of H-pyrrole nitrogens is 1. The number of rotatable bonds is 4. The number of carbonyl (C=O) groups excluding carboxylic acids is 1. The van der Waals surface area contributed by atoms with Crippen LogP contribution in [-0.4, -0.2) is 39.9 Å². The van der Waals surface area contributed by atoms with Crippen molar-refractivity contribution in [3.8, 4) is 0 Å². The van der Waals surface area contributed by atoms with Crippen LogP contribution in [0.4, 0.5) is 10.6 Å². The molecule has 0 radical (unpaired) electrons. The molecule has 1 aliphatic heterocycles. The van der Waals surface area contributed by atoms with E-state index in [0.29, 0.717) is 37.5 Å². The number of nitrogens with one attached hydrogen (secondary N) is 2. The van der Waals surface area contributed by atoms with E-state index in [2.05, 4.69) is 25.2 Å². The second kappa shape index (κ2) is 7.65. The van der Waals surface area contributed by atoms with Crippen molar-refractivity contribution in [3.05, 3.63) is 53.4 Å². The molecule has 1 aliphatic rings. The van der Waals surface area contributed by atoms with Gasteiger partial charge in [-0.1, -0.05) is 23.7 Å². The Morgan fingerprint density at radius 2 is 2.14 bits per heavy atom. The summed E-state index contributed by atoms with van der Waals surface area (Å²) < 4.78 is 5.52. The number of hydrogen-bond donors (Lipinski definition) is 3. The third kappa shape index (κ3) is 4.02. The van der Waals surface area contributed by atoms with Gasteiger partial charge in [-0.25, -0.2) is 14.8 Å². The molecule has 4 rings (SSSR count). The van der Waals surface area contributed by atoms with Gasteiger partial charge in [0.1, 0.15) is 17.8 Å². The summed E-state index contributed by atoms with van der Waals surface area (Å²) in [6.07, 6.45) is 3.86. The number of carbonyl (C=O) groups is 1. The molecule has 1 amide bonds. The number of fused-ring (bicyclic) bond motifs is 1. The normalized spacial score (nSPS) is 16.1. The molecule has 0 aliphatic carbocycles. The van der Waals surface area contributed by atoms with E-state index in [1.807, 2.05) is 24.4 Å². The van der Waals surface area contributed by atoms with Crippen LogP contribution in [0.15, 0.2) is 42.9 Å². The van der Waals surface area contributed by atoms with Gasteiger partial charge in [0.15, 0.2) is 5.72 Å². The Morgan fingerprint density at radius 3 is 2.93 bits per heavy atom. The van der Waals surface area contributed by atoms with Crippen molar-refractivity contribution in [2.45, 2.75) is 25.1 Å². The number of halogens is 1. The van der Waals surface area contributed by atoms with E-state index in [0.717, 1.165) is 22.4 Å². The number of alkyl carbamates (subject to hydrolysis) is 1. The number of aromatic nitrogens is 3. The van der Waals surface area contributed by atoms with Gasteiger partial charge < -0.3 is 19.9 Å². The van der Waals surface area contributed by atoms with Crippen molar-refractivity contribution in [1.29, 1.82) is 0 Å². The maximum absolute atomic E-state index is 12.2. The molecule has 0 unspecified atom stereocenters. The second-order valence-corrected chi connectivity index (χ2v) is 7.30. The van der Waals surface area contributed by atoms with Gasteiger partial charge in [0.05, 0.1) is 5.39 Å². The number of benzene rings is 1. The summed E-state index contributed by atoms with van der Waals surface area (Å²) >= 11 is 5.95. The molecule has 9 heteroatoms. The number of anilines is 1. The number of amides is 1. The largest absolute Gasteiger partial charge is 0.428 e. The number of nitrogens with two attached hydrogens (primary N) is 1. The standard InChI is InChI=1S/C19H21ClN6O2/c20-14-3-1-2-13(10-14)11-23-18(27)28-19(21)5-8-26(9-6-19)17-15-4-7-22-16(15)24-12-25-17/h1-4,7,10,12H,5-6,8-9,11,21H2,(H,23,27)(H,22,24,25). The molecule has 1 saturated heterocycles. The summed E-state index contributed by atoms with van der Waals surface area (Å²) in [5.74, 6) is 0.860. The molecule has 2 aromatic heterocycles. The maximum atomic E-state index is 12.2. The van der Waals surface area contributed by atoms with Crippen LogP contribution in [0.2, 0.25) is 5.02 Å². The van der Waals surface area contributed by atoms with Crippen LogP contribution < -0.4 is 16.0 Å². The van der Waals surface area contributed by atoms with Gasteiger partial charge in [-0.3, -0.25) is 5.73 Å². The predicted octanol–water partition coefficient (Wildman–Crippen LogP) is 2.79. The van der Waals surface area contributed by atoms with Gasteiger partial charge in [0, 0.05) is 43.7 Å². The van der Waals surface area contributed by atoms with Gasteiger partial charge in [-0.05, 0) is 23.8 Å². The van der Waals surface area contributed by atoms with E-state index in [-0.39, 0.29) is 0 Å². The van der Waals surface area contributed by atoms with Crippen LogP contribution in [0.1, 0.15) is 18.4 Å². The topological polar surface area (TPSA) is 109 Å². The van der Waals surface area contributed by atoms with Crippen molar-refractivity contribution < 1.29 is 9.53 Å². The van der Waals surface area contributed by atoms with Gasteiger partial charge in [-0.2, -0.15) is 0 Å². The Balaban J connectivity index is 1.33. The molecule has 0 spiro atoms.